The van der Waals surface area contributed by atoms with Gasteiger partial charge in [-0.05, 0) is 62.3 Å². The number of halogens is 2. The monoisotopic (exact) mass is 570 g/mol. The van der Waals surface area contributed by atoms with E-state index in [0.717, 1.165) is 20.4 Å². The topological polar surface area (TPSA) is 122 Å². The van der Waals surface area contributed by atoms with Gasteiger partial charge in [0.25, 0.3) is 0 Å². The van der Waals surface area contributed by atoms with Crippen LogP contribution in [0.5, 0.6) is 11.5 Å². The number of rotatable bonds is 6. The van der Waals surface area contributed by atoms with E-state index in [1.165, 1.54) is 0 Å². The third-order valence-electron chi connectivity index (χ3n) is 2.37. The summed E-state index contributed by atoms with van der Waals surface area (Å²) in [6.45, 7) is 0.758. The van der Waals surface area contributed by atoms with E-state index in [0.29, 0.717) is 13.2 Å². The number of ether oxygens (including phenoxy) is 2. The average Bonchev–Trinajstić information content (AvgIpc) is 2.60. The molecule has 2 aromatic carbocycles. The Labute approximate surface area is 265 Å². The molecule has 2 aromatic rings. The second kappa shape index (κ2) is 23.1. The Balaban J connectivity index is -0.000000355. The van der Waals surface area contributed by atoms with Gasteiger partial charge in [-0.25, -0.2) is 0 Å². The number of aliphatic hydroxyl groups excluding tert-OH is 2. The summed E-state index contributed by atoms with van der Waals surface area (Å²) in [5.74, 6) is 1.53. The minimum atomic E-state index is -2.33. The van der Waals surface area contributed by atoms with E-state index in [1.54, 1.807) is 0 Å². The summed E-state index contributed by atoms with van der Waals surface area (Å²) in [4.78, 5) is 8.33. The molecule has 0 saturated heterocycles. The molecule has 0 unspecified atom stereocenters. The molecule has 0 atom stereocenters. The van der Waals surface area contributed by atoms with Crippen LogP contribution in [0, 0.1) is 0 Å². The normalized spacial score (nSPS) is 8.43. The first-order valence-corrected chi connectivity index (χ1v) is 8.85. The van der Waals surface area contributed by atoms with E-state index < -0.39 is 6.16 Å². The maximum Gasteiger partial charge on any atom is 1.00 e. The van der Waals surface area contributed by atoms with Crippen molar-refractivity contribution >= 4 is 38.0 Å². The first kappa shape index (κ1) is 34.1. The van der Waals surface area contributed by atoms with E-state index in [-0.39, 0.29) is 116 Å². The van der Waals surface area contributed by atoms with Crippen LogP contribution < -0.4 is 122 Å². The molecular formula is C17H18Br2K2O7. The Hall–Kier alpha value is 1.46. The summed E-state index contributed by atoms with van der Waals surface area (Å²) in [6, 6.07) is 15.1. The molecule has 0 fully saturated rings. The van der Waals surface area contributed by atoms with E-state index in [9.17, 15) is 0 Å². The van der Waals surface area contributed by atoms with Gasteiger partial charge in [0.1, 0.15) is 24.7 Å². The van der Waals surface area contributed by atoms with Crippen LogP contribution in [-0.2, 0) is 0 Å². The van der Waals surface area contributed by atoms with Crippen molar-refractivity contribution in [3.8, 4) is 11.5 Å². The molecule has 0 radical (unpaired) electrons. The van der Waals surface area contributed by atoms with Gasteiger partial charge in [-0.15, -0.1) is 0 Å². The fourth-order valence-corrected chi connectivity index (χ4v) is 2.23. The van der Waals surface area contributed by atoms with Crippen LogP contribution >= 0.6 is 31.9 Å². The van der Waals surface area contributed by atoms with E-state index in [2.05, 4.69) is 31.9 Å². The molecule has 0 aliphatic rings. The molecule has 0 aliphatic carbocycles. The fraction of sp³-hybridized carbons (Fsp3) is 0.235. The molecule has 0 saturated carbocycles. The largest absolute Gasteiger partial charge is 1.00 e. The number of carboxylic acid groups (broad SMARTS) is 2. The number of benzene rings is 2. The quantitative estimate of drug-likeness (QED) is 0.334. The van der Waals surface area contributed by atoms with E-state index >= 15 is 0 Å². The first-order valence-electron chi connectivity index (χ1n) is 7.26. The van der Waals surface area contributed by atoms with Crippen LogP contribution in [0.1, 0.15) is 0 Å². The minimum Gasteiger partial charge on any atom is -0.652 e. The van der Waals surface area contributed by atoms with Gasteiger partial charge < -0.3 is 34.7 Å². The van der Waals surface area contributed by atoms with Gasteiger partial charge in [-0.1, -0.05) is 24.3 Å². The van der Waals surface area contributed by atoms with Crippen LogP contribution in [0.15, 0.2) is 57.5 Å². The van der Waals surface area contributed by atoms with Gasteiger partial charge in [0, 0.05) is 0 Å². The summed E-state index contributed by atoms with van der Waals surface area (Å²) in [5, 5.41) is 33.6. The predicted molar refractivity (Wildman–Crippen MR) is 98.8 cm³/mol. The van der Waals surface area contributed by atoms with Gasteiger partial charge in [0.05, 0.1) is 22.2 Å². The van der Waals surface area contributed by atoms with Crippen LogP contribution in [0.4, 0.5) is 4.79 Å². The Bertz CT molecular complexity index is 595. The van der Waals surface area contributed by atoms with Crippen molar-refractivity contribution in [2.24, 2.45) is 0 Å². The van der Waals surface area contributed by atoms with Crippen LogP contribution in [0.2, 0.25) is 0 Å². The first-order chi connectivity index (χ1) is 12.4. The number of hydrogen-bond donors (Lipinski definition) is 2. The van der Waals surface area contributed by atoms with Gasteiger partial charge in [0.15, 0.2) is 0 Å². The van der Waals surface area contributed by atoms with Crippen LogP contribution in [-0.4, -0.2) is 42.8 Å². The van der Waals surface area contributed by atoms with Crippen molar-refractivity contribution < 1.29 is 137 Å². The van der Waals surface area contributed by atoms with Crippen LogP contribution in [0.25, 0.3) is 0 Å². The van der Waals surface area contributed by atoms with Crippen molar-refractivity contribution in [2.75, 3.05) is 26.4 Å². The standard InChI is InChI=1S/2C8H9BrO2.CH2O3.2K/c2*9-7-3-1-2-4-8(7)11-6-5-10;2-1(3)4;;/h2*1-4,10H,5-6H2;(H2,2,3,4);;/q;;;2*+1/p-2. The van der Waals surface area contributed by atoms with Crippen molar-refractivity contribution in [2.45, 2.75) is 0 Å². The zero-order valence-electron chi connectivity index (χ0n) is 15.6. The van der Waals surface area contributed by atoms with Crippen molar-refractivity contribution in [1.29, 1.82) is 0 Å². The molecule has 2 N–H and O–H groups in total. The molecule has 0 amide bonds. The van der Waals surface area contributed by atoms with Gasteiger partial charge >= 0.3 is 103 Å². The van der Waals surface area contributed by atoms with E-state index in [1.807, 2.05) is 48.5 Å². The molecule has 0 bridgehead atoms. The van der Waals surface area contributed by atoms with Gasteiger partial charge in [-0.3, -0.25) is 0 Å². The smallest absolute Gasteiger partial charge is 0.652 e. The molecule has 0 spiro atoms. The summed E-state index contributed by atoms with van der Waals surface area (Å²) in [7, 11) is 0. The summed E-state index contributed by atoms with van der Waals surface area (Å²) in [5.41, 5.74) is 0. The molecule has 28 heavy (non-hydrogen) atoms. The Kier molecular flexibility index (Phi) is 28.2. The maximum atomic E-state index is 8.48. The summed E-state index contributed by atoms with van der Waals surface area (Å²) in [6.07, 6.45) is -2.33. The molecule has 7 nitrogen and oxygen atoms in total. The molecule has 0 aromatic heterocycles. The molecule has 11 heteroatoms. The number of carbonyl (C=O) groups is 1. The summed E-state index contributed by atoms with van der Waals surface area (Å²) >= 11 is 6.64. The number of aliphatic hydroxyl groups is 2. The second-order valence-corrected chi connectivity index (χ2v) is 5.96. The Morgan fingerprint density at radius 2 is 1.07 bits per heavy atom. The van der Waals surface area contributed by atoms with Crippen molar-refractivity contribution in [3.63, 3.8) is 0 Å². The molecule has 144 valence electrons. The Morgan fingerprint density at radius 3 is 1.32 bits per heavy atom. The van der Waals surface area contributed by atoms with Crippen molar-refractivity contribution in [3.05, 3.63) is 57.5 Å². The molecule has 2 rings (SSSR count). The van der Waals surface area contributed by atoms with E-state index in [4.69, 9.17) is 34.7 Å². The molecule has 0 heterocycles. The fourth-order valence-electron chi connectivity index (χ4n) is 1.43. The molecular weight excluding hydrogens is 554 g/mol. The van der Waals surface area contributed by atoms with Crippen LogP contribution in [0.3, 0.4) is 0 Å². The summed E-state index contributed by atoms with van der Waals surface area (Å²) < 4.78 is 12.2. The number of para-hydroxylation sites is 2. The van der Waals surface area contributed by atoms with Crippen molar-refractivity contribution in [1.82, 2.24) is 0 Å². The predicted octanol–water partition coefficient (Wildman–Crippen LogP) is -4.80. The minimum absolute atomic E-state index is 0. The average molecular weight is 572 g/mol. The second-order valence-electron chi connectivity index (χ2n) is 4.25. The molecule has 0 aliphatic heterocycles. The van der Waals surface area contributed by atoms with Gasteiger partial charge in [0.2, 0.25) is 0 Å². The SMILES string of the molecule is O=C([O-])[O-].OCCOc1ccccc1Br.OCCOc1ccccc1Br.[K+].[K+]. The maximum absolute atomic E-state index is 8.48. The Morgan fingerprint density at radius 1 is 0.786 bits per heavy atom. The number of carbonyl (C=O) groups excluding carboxylic acids is 1. The van der Waals surface area contributed by atoms with Gasteiger partial charge in [-0.2, -0.15) is 0 Å². The zero-order valence-corrected chi connectivity index (χ0v) is 25.1. The third kappa shape index (κ3) is 19.4. The number of hydrogen-bond acceptors (Lipinski definition) is 7. The third-order valence-corrected chi connectivity index (χ3v) is 3.68. The zero-order chi connectivity index (χ0) is 19.8.